The molecule has 3 aromatic rings. The van der Waals surface area contributed by atoms with Gasteiger partial charge in [-0.3, -0.25) is 14.7 Å². The number of halogens is 2. The average molecular weight is 367 g/mol. The molecule has 2 heterocycles. The van der Waals surface area contributed by atoms with Crippen LogP contribution in [0.1, 0.15) is 22.2 Å². The lowest BCUT2D eigenvalue weighted by Gasteiger charge is -2.26. The third-order valence-corrected chi connectivity index (χ3v) is 4.38. The van der Waals surface area contributed by atoms with Crippen LogP contribution in [0.5, 0.6) is 5.75 Å². The number of amides is 1. The predicted octanol–water partition coefficient (Wildman–Crippen LogP) is 4.14. The summed E-state index contributed by atoms with van der Waals surface area (Å²) in [5.74, 6) is -1.48. The van der Waals surface area contributed by atoms with Gasteiger partial charge >= 0.3 is 0 Å². The molecule has 0 radical (unpaired) electrons. The van der Waals surface area contributed by atoms with Crippen LogP contribution in [-0.2, 0) is 0 Å². The number of methoxy groups -OCH3 is 1. The molecular weight excluding hydrogens is 352 g/mol. The first kappa shape index (κ1) is 17.0. The summed E-state index contributed by atoms with van der Waals surface area (Å²) in [6, 6.07) is 13.9. The molecule has 7 heteroatoms. The van der Waals surface area contributed by atoms with Crippen LogP contribution in [0, 0.1) is 11.6 Å². The van der Waals surface area contributed by atoms with E-state index in [0.717, 1.165) is 12.1 Å². The minimum Gasteiger partial charge on any atom is -0.497 e. The van der Waals surface area contributed by atoms with Gasteiger partial charge in [-0.1, -0.05) is 0 Å². The molecule has 0 unspecified atom stereocenters. The lowest BCUT2D eigenvalue weighted by atomic mass is 10.2. The van der Waals surface area contributed by atoms with Crippen molar-refractivity contribution in [3.63, 3.8) is 0 Å². The van der Waals surface area contributed by atoms with Crippen molar-refractivity contribution in [1.82, 2.24) is 4.98 Å². The Morgan fingerprint density at radius 1 is 1.07 bits per heavy atom. The number of aromatic nitrogens is 1. The molecule has 1 aliphatic heterocycles. The van der Waals surface area contributed by atoms with Crippen LogP contribution in [0.15, 0.2) is 60.8 Å². The van der Waals surface area contributed by atoms with Gasteiger partial charge in [0.2, 0.25) is 0 Å². The van der Waals surface area contributed by atoms with Gasteiger partial charge in [-0.25, -0.2) is 8.78 Å². The molecule has 0 spiro atoms. The minimum absolute atomic E-state index is 0.233. The van der Waals surface area contributed by atoms with Crippen molar-refractivity contribution in [3.8, 4) is 5.75 Å². The number of benzene rings is 2. The molecule has 0 bridgehead atoms. The Kier molecular flexibility index (Phi) is 4.19. The van der Waals surface area contributed by atoms with Gasteiger partial charge in [0, 0.05) is 23.6 Å². The molecule has 2 aromatic carbocycles. The van der Waals surface area contributed by atoms with E-state index in [4.69, 9.17) is 4.74 Å². The van der Waals surface area contributed by atoms with Gasteiger partial charge in [-0.05, 0) is 48.5 Å². The molecule has 5 nitrogen and oxygen atoms in total. The van der Waals surface area contributed by atoms with Crippen LogP contribution in [0.2, 0.25) is 0 Å². The van der Waals surface area contributed by atoms with E-state index in [0.29, 0.717) is 28.4 Å². The molecule has 136 valence electrons. The number of anilines is 2. The van der Waals surface area contributed by atoms with Gasteiger partial charge in [0.25, 0.3) is 5.91 Å². The molecular formula is C20H15F2N3O2. The number of nitrogens with zero attached hydrogens (tertiary/aromatic N) is 2. The van der Waals surface area contributed by atoms with Crippen LogP contribution < -0.4 is 15.0 Å². The number of nitrogens with one attached hydrogen (secondary N) is 1. The summed E-state index contributed by atoms with van der Waals surface area (Å²) in [5, 5.41) is 3.08. The van der Waals surface area contributed by atoms with Crippen molar-refractivity contribution >= 4 is 17.3 Å². The van der Waals surface area contributed by atoms with E-state index in [9.17, 15) is 13.6 Å². The average Bonchev–Trinajstić information content (AvgIpc) is 2.97. The highest BCUT2D eigenvalue weighted by Gasteiger charge is 2.39. The van der Waals surface area contributed by atoms with Crippen LogP contribution in [0.4, 0.5) is 20.2 Å². The molecule has 0 fully saturated rings. The zero-order chi connectivity index (χ0) is 19.0. The van der Waals surface area contributed by atoms with Crippen LogP contribution in [-0.4, -0.2) is 18.0 Å². The first-order valence-electron chi connectivity index (χ1n) is 8.22. The van der Waals surface area contributed by atoms with E-state index in [1.54, 1.807) is 49.7 Å². The van der Waals surface area contributed by atoms with Crippen molar-refractivity contribution in [1.29, 1.82) is 0 Å². The zero-order valence-corrected chi connectivity index (χ0v) is 14.3. The smallest absolute Gasteiger partial charge is 0.262 e. The summed E-state index contributed by atoms with van der Waals surface area (Å²) in [6.07, 6.45) is 0.927. The van der Waals surface area contributed by atoms with E-state index in [1.165, 1.54) is 11.0 Å². The number of carbonyl (C=O) groups excluding carboxylic acids is 1. The standard InChI is InChI=1S/C20H15F2N3O2/c1-27-14-7-5-13(6-8-14)25-19(18-15(20(25)26)3-2-10-23-18)24-12-4-9-16(21)17(22)11-12/h2-11,19,24H,1H3/t19-/m0/s1. The van der Waals surface area contributed by atoms with Crippen LogP contribution >= 0.6 is 0 Å². The third-order valence-electron chi connectivity index (χ3n) is 4.38. The summed E-state index contributed by atoms with van der Waals surface area (Å²) in [6.45, 7) is 0. The Balaban J connectivity index is 1.76. The molecule has 1 atom stereocenters. The Labute approximate surface area is 154 Å². The summed E-state index contributed by atoms with van der Waals surface area (Å²) < 4.78 is 32.0. The lowest BCUT2D eigenvalue weighted by Crippen LogP contribution is -2.32. The van der Waals surface area contributed by atoms with E-state index >= 15 is 0 Å². The number of rotatable bonds is 4. The molecule has 0 saturated carbocycles. The third kappa shape index (κ3) is 2.97. The van der Waals surface area contributed by atoms with Gasteiger partial charge < -0.3 is 10.1 Å². The van der Waals surface area contributed by atoms with Crippen molar-refractivity contribution in [2.24, 2.45) is 0 Å². The highest BCUT2D eigenvalue weighted by molar-refractivity contribution is 6.11. The molecule has 1 N–H and O–H groups in total. The second kappa shape index (κ2) is 6.68. The number of pyridine rings is 1. The first-order chi connectivity index (χ1) is 13.1. The van der Waals surface area contributed by atoms with Gasteiger partial charge in [0.15, 0.2) is 17.8 Å². The number of ether oxygens (including phenoxy) is 1. The predicted molar refractivity (Wildman–Crippen MR) is 96.8 cm³/mol. The minimum atomic E-state index is -0.971. The fourth-order valence-electron chi connectivity index (χ4n) is 3.07. The Hall–Kier alpha value is -3.48. The molecule has 1 amide bonds. The molecule has 4 rings (SSSR count). The van der Waals surface area contributed by atoms with Crippen molar-refractivity contribution in [2.75, 3.05) is 17.3 Å². The normalized spacial score (nSPS) is 15.6. The molecule has 27 heavy (non-hydrogen) atoms. The van der Waals surface area contributed by atoms with E-state index in [2.05, 4.69) is 10.3 Å². The molecule has 1 aliphatic rings. The Morgan fingerprint density at radius 2 is 1.85 bits per heavy atom. The largest absolute Gasteiger partial charge is 0.497 e. The van der Waals surface area contributed by atoms with Crippen LogP contribution in [0.3, 0.4) is 0 Å². The quantitative estimate of drug-likeness (QED) is 0.753. The maximum Gasteiger partial charge on any atom is 0.262 e. The van der Waals surface area contributed by atoms with Gasteiger partial charge in [-0.2, -0.15) is 0 Å². The van der Waals surface area contributed by atoms with E-state index in [1.807, 2.05) is 0 Å². The number of carbonyl (C=O) groups is 1. The highest BCUT2D eigenvalue weighted by Crippen LogP contribution is 2.37. The SMILES string of the molecule is COc1ccc(N2C(=O)c3cccnc3[C@H]2Nc2ccc(F)c(F)c2)cc1. The van der Waals surface area contributed by atoms with Crippen molar-refractivity contribution in [2.45, 2.75) is 6.17 Å². The van der Waals surface area contributed by atoms with Crippen LogP contribution in [0.25, 0.3) is 0 Å². The van der Waals surface area contributed by atoms with Crippen molar-refractivity contribution < 1.29 is 18.3 Å². The highest BCUT2D eigenvalue weighted by atomic mass is 19.2. The number of hydrogen-bond acceptors (Lipinski definition) is 4. The lowest BCUT2D eigenvalue weighted by molar-refractivity contribution is 0.0993. The molecule has 1 aromatic heterocycles. The maximum atomic E-state index is 13.6. The van der Waals surface area contributed by atoms with Gasteiger partial charge in [-0.15, -0.1) is 0 Å². The summed E-state index contributed by atoms with van der Waals surface area (Å²) in [7, 11) is 1.56. The second-order valence-corrected chi connectivity index (χ2v) is 5.99. The van der Waals surface area contributed by atoms with Crippen molar-refractivity contribution in [3.05, 3.63) is 83.7 Å². The topological polar surface area (TPSA) is 54.5 Å². The van der Waals surface area contributed by atoms with Gasteiger partial charge in [0.1, 0.15) is 5.75 Å². The summed E-state index contributed by atoms with van der Waals surface area (Å²) in [4.78, 5) is 18.8. The number of hydrogen-bond donors (Lipinski definition) is 1. The zero-order valence-electron chi connectivity index (χ0n) is 14.3. The second-order valence-electron chi connectivity index (χ2n) is 5.99. The first-order valence-corrected chi connectivity index (χ1v) is 8.22. The summed E-state index contributed by atoms with van der Waals surface area (Å²) in [5.41, 5.74) is 1.93. The Bertz CT molecular complexity index is 1010. The molecule has 0 saturated heterocycles. The summed E-state index contributed by atoms with van der Waals surface area (Å²) >= 11 is 0. The Morgan fingerprint density at radius 3 is 2.56 bits per heavy atom. The molecule has 0 aliphatic carbocycles. The monoisotopic (exact) mass is 367 g/mol. The van der Waals surface area contributed by atoms with E-state index in [-0.39, 0.29) is 5.91 Å². The number of fused-ring (bicyclic) bond motifs is 1. The van der Waals surface area contributed by atoms with E-state index < -0.39 is 17.8 Å². The van der Waals surface area contributed by atoms with Gasteiger partial charge in [0.05, 0.1) is 18.4 Å². The fraction of sp³-hybridized carbons (Fsp3) is 0.100. The maximum absolute atomic E-state index is 13.6. The fourth-order valence-corrected chi connectivity index (χ4v) is 3.07.